The molecule has 9 nitrogen and oxygen atoms in total. The largest absolute Gasteiger partial charge is 0.412 e. The van der Waals surface area contributed by atoms with Crippen molar-refractivity contribution in [2.24, 2.45) is 5.73 Å². The van der Waals surface area contributed by atoms with E-state index < -0.39 is 5.91 Å². The van der Waals surface area contributed by atoms with Crippen LogP contribution in [0.15, 0.2) is 23.0 Å². The van der Waals surface area contributed by atoms with Gasteiger partial charge in [0.25, 0.3) is 5.95 Å². The van der Waals surface area contributed by atoms with E-state index in [1.54, 1.807) is 28.2 Å². The van der Waals surface area contributed by atoms with Crippen molar-refractivity contribution in [3.8, 4) is 0 Å². The van der Waals surface area contributed by atoms with Crippen molar-refractivity contribution in [1.82, 2.24) is 14.0 Å². The van der Waals surface area contributed by atoms with Gasteiger partial charge in [-0.3, -0.25) is 4.79 Å². The van der Waals surface area contributed by atoms with E-state index in [4.69, 9.17) is 27.1 Å². The number of carbonyl (C=O) groups is 1. The number of carbonyl (C=O) groups excluding carboxylic acids is 1. The smallest absolute Gasteiger partial charge is 0.385 e. The van der Waals surface area contributed by atoms with Gasteiger partial charge in [-0.05, 0) is 36.0 Å². The van der Waals surface area contributed by atoms with Crippen LogP contribution in [0.5, 0.6) is 0 Å². The summed E-state index contributed by atoms with van der Waals surface area (Å²) < 4.78 is 10.5. The lowest BCUT2D eigenvalue weighted by Gasteiger charge is -2.27. The van der Waals surface area contributed by atoms with E-state index in [0.717, 1.165) is 37.9 Å². The molecule has 0 fully saturated rings. The summed E-state index contributed by atoms with van der Waals surface area (Å²) in [6.45, 7) is 3.43. The number of fused-ring (bicyclic) bond motifs is 4. The SMILES string of the molecule is COCCC[n+]1c2ccc(C(N)=O)cc2n2c(=O)n3c(nc21)N(CCCCl)CCC3. The molecule has 0 saturated carbocycles. The van der Waals surface area contributed by atoms with Gasteiger partial charge in [0.1, 0.15) is 5.52 Å². The van der Waals surface area contributed by atoms with Crippen LogP contribution in [0.2, 0.25) is 0 Å². The fourth-order valence-electron chi connectivity index (χ4n) is 4.08. The van der Waals surface area contributed by atoms with E-state index in [1.165, 1.54) is 0 Å². The van der Waals surface area contributed by atoms with Gasteiger partial charge < -0.3 is 15.4 Å². The molecule has 160 valence electrons. The first-order chi connectivity index (χ1) is 14.6. The molecule has 4 rings (SSSR count). The molecule has 2 N–H and O–H groups in total. The minimum Gasteiger partial charge on any atom is -0.385 e. The molecular weight excluding hydrogens is 408 g/mol. The van der Waals surface area contributed by atoms with Gasteiger partial charge in [-0.25, -0.2) is 13.9 Å². The van der Waals surface area contributed by atoms with Crippen LogP contribution in [0.25, 0.3) is 16.8 Å². The number of anilines is 1. The molecule has 0 radical (unpaired) electrons. The number of hydrogen-bond donors (Lipinski definition) is 1. The predicted octanol–water partition coefficient (Wildman–Crippen LogP) is 0.911. The Hall–Kier alpha value is -2.65. The molecule has 0 spiro atoms. The fourth-order valence-corrected chi connectivity index (χ4v) is 4.20. The average molecular weight is 434 g/mol. The Bertz CT molecular complexity index is 1160. The van der Waals surface area contributed by atoms with E-state index in [2.05, 4.69) is 4.90 Å². The zero-order valence-electron chi connectivity index (χ0n) is 17.0. The second kappa shape index (κ2) is 8.61. The fraction of sp³-hybridized carbons (Fsp3) is 0.500. The van der Waals surface area contributed by atoms with Gasteiger partial charge in [0.2, 0.25) is 5.91 Å². The van der Waals surface area contributed by atoms with Crippen molar-refractivity contribution < 1.29 is 14.1 Å². The molecule has 30 heavy (non-hydrogen) atoms. The molecular formula is C20H26ClN6O3+. The van der Waals surface area contributed by atoms with Gasteiger partial charge in [-0.2, -0.15) is 0 Å². The third kappa shape index (κ3) is 3.52. The third-order valence-corrected chi connectivity index (χ3v) is 5.75. The number of halogens is 1. The van der Waals surface area contributed by atoms with Crippen LogP contribution < -0.4 is 20.9 Å². The molecule has 0 saturated heterocycles. The Morgan fingerprint density at radius 2 is 2.17 bits per heavy atom. The van der Waals surface area contributed by atoms with Crippen molar-refractivity contribution in [3.63, 3.8) is 0 Å². The number of imidazole rings is 1. The average Bonchev–Trinajstić information content (AvgIpc) is 3.06. The Morgan fingerprint density at radius 1 is 1.33 bits per heavy atom. The second-order valence-electron chi connectivity index (χ2n) is 7.43. The number of aryl methyl sites for hydroxylation is 1. The zero-order valence-corrected chi connectivity index (χ0v) is 17.8. The lowest BCUT2D eigenvalue weighted by atomic mass is 10.2. The lowest BCUT2D eigenvalue weighted by molar-refractivity contribution is -0.648. The summed E-state index contributed by atoms with van der Waals surface area (Å²) in [6, 6.07) is 5.17. The molecule has 1 amide bonds. The quantitative estimate of drug-likeness (QED) is 0.323. The summed E-state index contributed by atoms with van der Waals surface area (Å²) in [5.74, 6) is 1.25. The molecule has 0 atom stereocenters. The van der Waals surface area contributed by atoms with Gasteiger partial charge in [0.15, 0.2) is 5.52 Å². The normalized spacial score (nSPS) is 13.9. The van der Waals surface area contributed by atoms with Crippen LogP contribution in [0.3, 0.4) is 0 Å². The maximum atomic E-state index is 13.5. The number of nitrogens with two attached hydrogens (primary N) is 1. The first kappa shape index (κ1) is 20.6. The van der Waals surface area contributed by atoms with Crippen molar-refractivity contribution in [3.05, 3.63) is 34.2 Å². The van der Waals surface area contributed by atoms with Crippen LogP contribution in [0, 0.1) is 0 Å². The highest BCUT2D eigenvalue weighted by Gasteiger charge is 2.30. The highest BCUT2D eigenvalue weighted by atomic mass is 35.5. The van der Waals surface area contributed by atoms with Crippen molar-refractivity contribution in [2.75, 3.05) is 37.6 Å². The highest BCUT2D eigenvalue weighted by molar-refractivity contribution is 6.17. The first-order valence-corrected chi connectivity index (χ1v) is 10.7. The van der Waals surface area contributed by atoms with E-state index >= 15 is 0 Å². The van der Waals surface area contributed by atoms with E-state index in [1.807, 2.05) is 10.6 Å². The van der Waals surface area contributed by atoms with Gasteiger partial charge in [0, 0.05) is 51.2 Å². The molecule has 0 bridgehead atoms. The van der Waals surface area contributed by atoms with Crippen LogP contribution in [-0.2, 0) is 17.8 Å². The van der Waals surface area contributed by atoms with Crippen molar-refractivity contribution in [2.45, 2.75) is 32.4 Å². The topological polar surface area (TPSA) is 98.7 Å². The number of hydrogen-bond acceptors (Lipinski definition) is 5. The lowest BCUT2D eigenvalue weighted by Crippen LogP contribution is -2.43. The molecule has 1 aliphatic rings. The monoisotopic (exact) mass is 433 g/mol. The number of primary amides is 1. The highest BCUT2D eigenvalue weighted by Crippen LogP contribution is 2.20. The standard InChI is InChI=1S/C20H25ClN6O3/c1-30-12-4-11-25-15-6-5-14(17(22)28)13-16(15)27-19(25)23-18-24(8-2-7-21)9-3-10-26(18)20(27)29/h5-6,13H,2-4,7-12H2,1H3,(H-,22,28)/p+1. The van der Waals surface area contributed by atoms with Gasteiger partial charge in [-0.15, -0.1) is 16.0 Å². The molecule has 1 aliphatic heterocycles. The predicted molar refractivity (Wildman–Crippen MR) is 114 cm³/mol. The number of nitrogens with zero attached hydrogens (tertiary/aromatic N) is 5. The Balaban J connectivity index is 1.98. The van der Waals surface area contributed by atoms with Crippen molar-refractivity contribution in [1.29, 1.82) is 0 Å². The summed E-state index contributed by atoms with van der Waals surface area (Å²) in [4.78, 5) is 32.3. The maximum Gasteiger partial charge on any atom is 0.412 e. The summed E-state index contributed by atoms with van der Waals surface area (Å²) in [7, 11) is 1.66. The molecule has 3 heterocycles. The summed E-state index contributed by atoms with van der Waals surface area (Å²) in [6.07, 6.45) is 2.45. The van der Waals surface area contributed by atoms with Crippen LogP contribution in [0.1, 0.15) is 29.6 Å². The summed E-state index contributed by atoms with van der Waals surface area (Å²) >= 11 is 5.89. The molecule has 3 aromatic rings. The van der Waals surface area contributed by atoms with E-state index in [-0.39, 0.29) is 5.69 Å². The van der Waals surface area contributed by atoms with E-state index in [9.17, 15) is 9.59 Å². The number of aromatic nitrogens is 4. The molecule has 2 aromatic heterocycles. The van der Waals surface area contributed by atoms with Gasteiger partial charge in [-0.1, -0.05) is 0 Å². The first-order valence-electron chi connectivity index (χ1n) is 10.2. The summed E-state index contributed by atoms with van der Waals surface area (Å²) in [5.41, 5.74) is 7.13. The number of amides is 1. The number of benzene rings is 1. The molecule has 0 aliphatic carbocycles. The molecule has 0 unspecified atom stereocenters. The van der Waals surface area contributed by atoms with Gasteiger partial charge >= 0.3 is 11.5 Å². The zero-order chi connectivity index (χ0) is 21.3. The second-order valence-corrected chi connectivity index (χ2v) is 7.81. The van der Waals surface area contributed by atoms with E-state index in [0.29, 0.717) is 48.4 Å². The Labute approximate surface area is 178 Å². The minimum atomic E-state index is -0.531. The Kier molecular flexibility index (Phi) is 5.92. The van der Waals surface area contributed by atoms with Crippen molar-refractivity contribution >= 4 is 40.3 Å². The Morgan fingerprint density at radius 3 is 2.90 bits per heavy atom. The van der Waals surface area contributed by atoms with Crippen LogP contribution in [0.4, 0.5) is 5.95 Å². The number of ether oxygens (including phenoxy) is 1. The number of rotatable bonds is 8. The third-order valence-electron chi connectivity index (χ3n) is 5.48. The maximum absolute atomic E-state index is 13.5. The van der Waals surface area contributed by atoms with Crippen LogP contribution >= 0.6 is 11.6 Å². The summed E-state index contributed by atoms with van der Waals surface area (Å²) in [5, 5.41) is 0. The molecule has 1 aromatic carbocycles. The minimum absolute atomic E-state index is 0.164. The molecule has 10 heteroatoms. The van der Waals surface area contributed by atoms with Gasteiger partial charge in [0.05, 0.1) is 6.54 Å². The van der Waals surface area contributed by atoms with Crippen LogP contribution in [-0.4, -0.2) is 52.5 Å². The number of methoxy groups -OCH3 is 1. The number of alkyl halides is 1.